The minimum Gasteiger partial charge on any atom is -0.477 e. The van der Waals surface area contributed by atoms with E-state index in [1.165, 1.54) is 0 Å². The van der Waals surface area contributed by atoms with Gasteiger partial charge in [-0.1, -0.05) is 0 Å². The van der Waals surface area contributed by atoms with E-state index in [0.717, 1.165) is 0 Å². The van der Waals surface area contributed by atoms with Crippen molar-refractivity contribution in [2.75, 3.05) is 0 Å². The molecule has 0 atom stereocenters. The van der Waals surface area contributed by atoms with Crippen LogP contribution in [0.3, 0.4) is 0 Å². The van der Waals surface area contributed by atoms with Crippen LogP contribution in [0.2, 0.25) is 0 Å². The molecule has 7 heteroatoms. The van der Waals surface area contributed by atoms with Gasteiger partial charge in [-0.05, 0) is 6.07 Å². The number of alkyl halides is 3. The van der Waals surface area contributed by atoms with E-state index in [4.69, 9.17) is 22.0 Å². The zero-order valence-electron chi connectivity index (χ0n) is 7.75. The average molecular weight is 247 g/mol. The predicted molar refractivity (Wildman–Crippen MR) is 50.4 cm³/mol. The van der Waals surface area contributed by atoms with Gasteiger partial charge in [0.2, 0.25) is 0 Å². The molecule has 0 fully saturated rings. The lowest BCUT2D eigenvalue weighted by molar-refractivity contribution is 0.0689. The fraction of sp³-hybridized carbons (Fsp3) is 0.222. The maximum Gasteiger partial charge on any atom is 0.354 e. The summed E-state index contributed by atoms with van der Waals surface area (Å²) in [5, 5.41) is 17.3. The third-order valence-corrected chi connectivity index (χ3v) is 2.07. The Morgan fingerprint density at radius 2 is 2.31 bits per heavy atom. The molecule has 0 unspecified atom stereocenters. The largest absolute Gasteiger partial charge is 0.477 e. The second-order valence-electron chi connectivity index (χ2n) is 2.77. The number of carboxylic acid groups (broad SMARTS) is 1. The van der Waals surface area contributed by atoms with E-state index < -0.39 is 23.7 Å². The summed E-state index contributed by atoms with van der Waals surface area (Å²) in [5.41, 5.74) is -1.73. The molecule has 0 amide bonds. The van der Waals surface area contributed by atoms with Crippen LogP contribution in [0.4, 0.5) is 8.78 Å². The van der Waals surface area contributed by atoms with E-state index in [0.29, 0.717) is 6.07 Å². The molecule has 1 heterocycles. The van der Waals surface area contributed by atoms with Gasteiger partial charge < -0.3 is 5.11 Å². The summed E-state index contributed by atoms with van der Waals surface area (Å²) < 4.78 is 25.1. The average Bonchev–Trinajstić information content (AvgIpc) is 2.26. The van der Waals surface area contributed by atoms with E-state index in [-0.39, 0.29) is 17.1 Å². The zero-order valence-corrected chi connectivity index (χ0v) is 8.50. The highest BCUT2D eigenvalue weighted by molar-refractivity contribution is 6.17. The van der Waals surface area contributed by atoms with Gasteiger partial charge in [0.05, 0.1) is 17.1 Å². The Kier molecular flexibility index (Phi) is 3.74. The normalized spacial score (nSPS) is 10.2. The van der Waals surface area contributed by atoms with E-state index in [1.54, 1.807) is 6.07 Å². The summed E-state index contributed by atoms with van der Waals surface area (Å²) >= 11 is 5.41. The summed E-state index contributed by atoms with van der Waals surface area (Å²) in [4.78, 5) is 14.1. The first kappa shape index (κ1) is 12.3. The molecule has 1 rings (SSSR count). The molecule has 0 saturated heterocycles. The molecule has 0 aliphatic carbocycles. The monoisotopic (exact) mass is 246 g/mol. The number of rotatable bonds is 3. The molecule has 16 heavy (non-hydrogen) atoms. The number of carboxylic acids is 1. The Bertz CT molecular complexity index is 471. The minimum atomic E-state index is -2.95. The molecule has 0 aliphatic heterocycles. The Hall–Kier alpha value is -1.74. The van der Waals surface area contributed by atoms with Crippen LogP contribution >= 0.6 is 11.6 Å². The smallest absolute Gasteiger partial charge is 0.354 e. The Morgan fingerprint density at radius 3 is 2.69 bits per heavy atom. The van der Waals surface area contributed by atoms with Gasteiger partial charge in [0.15, 0.2) is 0 Å². The van der Waals surface area contributed by atoms with Crippen molar-refractivity contribution >= 4 is 17.6 Å². The van der Waals surface area contributed by atoms with Gasteiger partial charge in [0, 0.05) is 5.56 Å². The maximum atomic E-state index is 12.6. The molecule has 0 aliphatic rings. The highest BCUT2D eigenvalue weighted by Crippen LogP contribution is 2.25. The van der Waals surface area contributed by atoms with Crippen molar-refractivity contribution in [2.24, 2.45) is 0 Å². The maximum absolute atomic E-state index is 12.6. The van der Waals surface area contributed by atoms with Crippen molar-refractivity contribution in [3.63, 3.8) is 0 Å². The lowest BCUT2D eigenvalue weighted by atomic mass is 10.1. The first-order valence-corrected chi connectivity index (χ1v) is 4.56. The number of nitriles is 1. The molecule has 1 N–H and O–H groups in total. The molecule has 4 nitrogen and oxygen atoms in total. The van der Waals surface area contributed by atoms with Gasteiger partial charge >= 0.3 is 5.97 Å². The standard InChI is InChI=1S/C9H5ClF2N2O2/c10-2-7-5(3-13)4(8(11)12)1-6(14-7)9(15)16/h1,8H,2H2,(H,15,16). The summed E-state index contributed by atoms with van der Waals surface area (Å²) in [6, 6.07) is 2.22. The van der Waals surface area contributed by atoms with Crippen LogP contribution in [0.1, 0.15) is 33.7 Å². The highest BCUT2D eigenvalue weighted by Gasteiger charge is 2.20. The van der Waals surface area contributed by atoms with Crippen LogP contribution in [0.15, 0.2) is 6.07 Å². The first-order chi connectivity index (χ1) is 7.51. The Balaban J connectivity index is 3.51. The molecule has 0 bridgehead atoms. The fourth-order valence-corrected chi connectivity index (χ4v) is 1.32. The molecule has 0 spiro atoms. The van der Waals surface area contributed by atoms with Crippen molar-refractivity contribution in [1.29, 1.82) is 5.26 Å². The van der Waals surface area contributed by atoms with Gasteiger partial charge in [-0.3, -0.25) is 0 Å². The van der Waals surface area contributed by atoms with Gasteiger partial charge in [0.25, 0.3) is 6.43 Å². The van der Waals surface area contributed by atoms with Crippen LogP contribution in [0.25, 0.3) is 0 Å². The number of aromatic nitrogens is 1. The van der Waals surface area contributed by atoms with Crippen LogP contribution in [-0.4, -0.2) is 16.1 Å². The third kappa shape index (κ3) is 2.25. The van der Waals surface area contributed by atoms with Crippen LogP contribution < -0.4 is 0 Å². The quantitative estimate of drug-likeness (QED) is 0.831. The molecule has 0 radical (unpaired) electrons. The number of hydrogen-bond acceptors (Lipinski definition) is 3. The molecule has 0 saturated carbocycles. The molecule has 1 aromatic heterocycles. The predicted octanol–water partition coefficient (Wildman–Crippen LogP) is 2.33. The summed E-state index contributed by atoms with van der Waals surface area (Å²) in [7, 11) is 0. The number of aromatic carboxylic acids is 1. The van der Waals surface area contributed by atoms with Gasteiger partial charge in [-0.2, -0.15) is 5.26 Å². The molecular formula is C9H5ClF2N2O2. The molecule has 1 aromatic rings. The van der Waals surface area contributed by atoms with Crippen molar-refractivity contribution in [3.8, 4) is 6.07 Å². The summed E-state index contributed by atoms with van der Waals surface area (Å²) in [6.07, 6.45) is -2.95. The molecule has 0 aromatic carbocycles. The number of pyridine rings is 1. The number of hydrogen-bond donors (Lipinski definition) is 1. The Labute approximate surface area is 94.1 Å². The number of nitrogens with zero attached hydrogens (tertiary/aromatic N) is 2. The SMILES string of the molecule is N#Cc1c(C(F)F)cc(C(=O)O)nc1CCl. The summed E-state index contributed by atoms with van der Waals surface area (Å²) in [6.45, 7) is 0. The van der Waals surface area contributed by atoms with Crippen molar-refractivity contribution < 1.29 is 18.7 Å². The van der Waals surface area contributed by atoms with Gasteiger partial charge in [-0.25, -0.2) is 18.6 Å². The van der Waals surface area contributed by atoms with E-state index in [1.807, 2.05) is 0 Å². The topological polar surface area (TPSA) is 74.0 Å². The fourth-order valence-electron chi connectivity index (χ4n) is 1.13. The number of halogens is 3. The second kappa shape index (κ2) is 4.86. The van der Waals surface area contributed by atoms with E-state index in [9.17, 15) is 13.6 Å². The van der Waals surface area contributed by atoms with E-state index >= 15 is 0 Å². The van der Waals surface area contributed by atoms with E-state index in [2.05, 4.69) is 4.98 Å². The third-order valence-electron chi connectivity index (χ3n) is 1.82. The van der Waals surface area contributed by atoms with Crippen molar-refractivity contribution in [3.05, 3.63) is 28.6 Å². The highest BCUT2D eigenvalue weighted by atomic mass is 35.5. The lowest BCUT2D eigenvalue weighted by Crippen LogP contribution is -2.07. The van der Waals surface area contributed by atoms with Crippen molar-refractivity contribution in [1.82, 2.24) is 4.98 Å². The second-order valence-corrected chi connectivity index (χ2v) is 3.04. The van der Waals surface area contributed by atoms with Crippen LogP contribution in [-0.2, 0) is 5.88 Å². The van der Waals surface area contributed by atoms with Crippen molar-refractivity contribution in [2.45, 2.75) is 12.3 Å². The minimum absolute atomic E-state index is 0.153. The molecule has 84 valence electrons. The van der Waals surface area contributed by atoms with Gasteiger partial charge in [-0.15, -0.1) is 11.6 Å². The first-order valence-electron chi connectivity index (χ1n) is 4.02. The Morgan fingerprint density at radius 1 is 1.69 bits per heavy atom. The van der Waals surface area contributed by atoms with Crippen LogP contribution in [0.5, 0.6) is 0 Å². The van der Waals surface area contributed by atoms with Crippen LogP contribution in [0, 0.1) is 11.3 Å². The molecular weight excluding hydrogens is 242 g/mol. The number of carbonyl (C=O) groups is 1. The van der Waals surface area contributed by atoms with Gasteiger partial charge in [0.1, 0.15) is 11.8 Å². The lowest BCUT2D eigenvalue weighted by Gasteiger charge is -2.07. The zero-order chi connectivity index (χ0) is 12.3. The summed E-state index contributed by atoms with van der Waals surface area (Å²) in [5.74, 6) is -1.75.